The summed E-state index contributed by atoms with van der Waals surface area (Å²) in [6.07, 6.45) is 2.22. The molecule has 3 nitrogen and oxygen atoms in total. The van der Waals surface area contributed by atoms with Crippen LogP contribution in [0.5, 0.6) is 0 Å². The van der Waals surface area contributed by atoms with Gasteiger partial charge in [-0.3, -0.25) is 4.90 Å². The number of nitrogens with zero attached hydrogens (tertiary/aromatic N) is 3. The number of benzene rings is 1. The first-order valence-electron chi connectivity index (χ1n) is 7.73. The van der Waals surface area contributed by atoms with Crippen LogP contribution in [0.15, 0.2) is 24.3 Å². The van der Waals surface area contributed by atoms with E-state index in [1.807, 2.05) is 11.3 Å². The van der Waals surface area contributed by atoms with Crippen molar-refractivity contribution < 1.29 is 0 Å². The molecule has 21 heavy (non-hydrogen) atoms. The lowest BCUT2D eigenvalue weighted by atomic mass is 10.1. The molecule has 110 valence electrons. The van der Waals surface area contributed by atoms with E-state index >= 15 is 0 Å². The Labute approximate surface area is 130 Å². The predicted octanol–water partition coefficient (Wildman–Crippen LogP) is 2.69. The summed E-state index contributed by atoms with van der Waals surface area (Å²) in [4.78, 5) is 11.3. The minimum Gasteiger partial charge on any atom is -0.301 e. The summed E-state index contributed by atoms with van der Waals surface area (Å²) in [5.74, 6) is 0. The van der Waals surface area contributed by atoms with Crippen LogP contribution in [0.1, 0.15) is 26.7 Å². The highest BCUT2D eigenvalue weighted by molar-refractivity contribution is 7.11. The molecule has 0 amide bonds. The monoisotopic (exact) mass is 299 g/mol. The maximum atomic E-state index is 4.86. The van der Waals surface area contributed by atoms with Crippen LogP contribution in [-0.2, 0) is 32.5 Å². The summed E-state index contributed by atoms with van der Waals surface area (Å²) < 4.78 is 0. The molecular weight excluding hydrogens is 278 g/mol. The minimum absolute atomic E-state index is 1.09. The van der Waals surface area contributed by atoms with Gasteiger partial charge in [0.25, 0.3) is 0 Å². The van der Waals surface area contributed by atoms with Crippen LogP contribution in [0.3, 0.4) is 0 Å². The standard InChI is InChI=1S/C17H21N3S/c1-19-8-6-15-16(12-19)21-17(18-15)7-9-20-10-13-4-2-3-5-14(13)11-20/h2-5H,6-12H2,1H3. The van der Waals surface area contributed by atoms with Gasteiger partial charge in [0.1, 0.15) is 0 Å². The van der Waals surface area contributed by atoms with Crippen LogP contribution in [0.25, 0.3) is 0 Å². The second-order valence-electron chi connectivity index (χ2n) is 6.19. The van der Waals surface area contributed by atoms with Crippen molar-refractivity contribution in [3.05, 3.63) is 51.0 Å². The number of likely N-dealkylation sites (N-methyl/N-ethyl adjacent to an activating group) is 1. The van der Waals surface area contributed by atoms with Gasteiger partial charge < -0.3 is 4.90 Å². The second-order valence-corrected chi connectivity index (χ2v) is 7.36. The third-order valence-electron chi connectivity index (χ3n) is 4.51. The zero-order valence-electron chi connectivity index (χ0n) is 12.5. The second kappa shape index (κ2) is 5.52. The van der Waals surface area contributed by atoms with Gasteiger partial charge in [0.15, 0.2) is 0 Å². The molecule has 4 heteroatoms. The first kappa shape index (κ1) is 13.4. The van der Waals surface area contributed by atoms with Gasteiger partial charge in [-0.25, -0.2) is 4.98 Å². The molecule has 0 atom stereocenters. The van der Waals surface area contributed by atoms with Gasteiger partial charge in [-0.15, -0.1) is 11.3 Å². The number of hydrogen-bond acceptors (Lipinski definition) is 4. The number of thiazole rings is 1. The average Bonchev–Trinajstić information content (AvgIpc) is 3.07. The maximum absolute atomic E-state index is 4.86. The molecule has 1 aromatic carbocycles. The van der Waals surface area contributed by atoms with Crippen molar-refractivity contribution in [1.82, 2.24) is 14.8 Å². The predicted molar refractivity (Wildman–Crippen MR) is 86.4 cm³/mol. The summed E-state index contributed by atoms with van der Waals surface area (Å²) in [5, 5.41) is 1.33. The van der Waals surface area contributed by atoms with Crippen LogP contribution in [0.4, 0.5) is 0 Å². The van der Waals surface area contributed by atoms with Gasteiger partial charge in [0.05, 0.1) is 10.7 Å². The summed E-state index contributed by atoms with van der Waals surface area (Å²) in [7, 11) is 2.20. The van der Waals surface area contributed by atoms with Crippen LogP contribution in [0.2, 0.25) is 0 Å². The number of aromatic nitrogens is 1. The molecule has 0 saturated carbocycles. The van der Waals surface area contributed by atoms with Crippen molar-refractivity contribution in [3.8, 4) is 0 Å². The van der Waals surface area contributed by atoms with Gasteiger partial charge in [-0.2, -0.15) is 0 Å². The average molecular weight is 299 g/mol. The van der Waals surface area contributed by atoms with Crippen LogP contribution >= 0.6 is 11.3 Å². The van der Waals surface area contributed by atoms with E-state index in [4.69, 9.17) is 4.98 Å². The lowest BCUT2D eigenvalue weighted by Crippen LogP contribution is -2.25. The topological polar surface area (TPSA) is 19.4 Å². The molecule has 0 radical (unpaired) electrons. The van der Waals surface area contributed by atoms with E-state index in [0.29, 0.717) is 0 Å². The van der Waals surface area contributed by atoms with E-state index < -0.39 is 0 Å². The van der Waals surface area contributed by atoms with E-state index in [9.17, 15) is 0 Å². The number of hydrogen-bond donors (Lipinski definition) is 0. The third-order valence-corrected chi connectivity index (χ3v) is 5.66. The van der Waals surface area contributed by atoms with Gasteiger partial charge in [0.2, 0.25) is 0 Å². The Bertz CT molecular complexity index is 624. The van der Waals surface area contributed by atoms with Gasteiger partial charge >= 0.3 is 0 Å². The smallest absolute Gasteiger partial charge is 0.0944 e. The Morgan fingerprint density at radius 1 is 1.14 bits per heavy atom. The third kappa shape index (κ3) is 2.76. The Balaban J connectivity index is 1.38. The fourth-order valence-corrected chi connectivity index (χ4v) is 4.48. The summed E-state index contributed by atoms with van der Waals surface area (Å²) in [5.41, 5.74) is 4.35. The van der Waals surface area contributed by atoms with Gasteiger partial charge in [-0.1, -0.05) is 24.3 Å². The summed E-state index contributed by atoms with van der Waals surface area (Å²) in [6, 6.07) is 8.81. The number of fused-ring (bicyclic) bond motifs is 2. The van der Waals surface area contributed by atoms with Crippen molar-refractivity contribution in [2.75, 3.05) is 20.1 Å². The van der Waals surface area contributed by atoms with E-state index in [1.54, 1.807) is 0 Å². The molecule has 0 bridgehead atoms. The van der Waals surface area contributed by atoms with E-state index in [-0.39, 0.29) is 0 Å². The fourth-order valence-electron chi connectivity index (χ4n) is 3.30. The fraction of sp³-hybridized carbons (Fsp3) is 0.471. The highest BCUT2D eigenvalue weighted by Crippen LogP contribution is 2.26. The van der Waals surface area contributed by atoms with E-state index in [0.717, 1.165) is 45.6 Å². The van der Waals surface area contributed by atoms with Crippen molar-refractivity contribution >= 4 is 11.3 Å². The van der Waals surface area contributed by atoms with E-state index in [1.165, 1.54) is 26.7 Å². The van der Waals surface area contributed by atoms with Crippen molar-refractivity contribution in [1.29, 1.82) is 0 Å². The zero-order valence-corrected chi connectivity index (χ0v) is 13.3. The molecule has 3 heterocycles. The first-order valence-corrected chi connectivity index (χ1v) is 8.55. The molecule has 1 aromatic heterocycles. The van der Waals surface area contributed by atoms with Crippen LogP contribution < -0.4 is 0 Å². The molecule has 0 spiro atoms. The quantitative estimate of drug-likeness (QED) is 0.868. The lowest BCUT2D eigenvalue weighted by molar-refractivity contribution is 0.288. The lowest BCUT2D eigenvalue weighted by Gasteiger charge is -2.20. The SMILES string of the molecule is CN1CCc2nc(CCN3Cc4ccccc4C3)sc2C1. The Morgan fingerprint density at radius 2 is 1.90 bits per heavy atom. The van der Waals surface area contributed by atoms with Crippen LogP contribution in [0, 0.1) is 0 Å². The molecule has 0 fully saturated rings. The maximum Gasteiger partial charge on any atom is 0.0944 e. The highest BCUT2D eigenvalue weighted by atomic mass is 32.1. The number of rotatable bonds is 3. The van der Waals surface area contributed by atoms with Gasteiger partial charge in [-0.05, 0) is 18.2 Å². The Morgan fingerprint density at radius 3 is 2.67 bits per heavy atom. The molecule has 0 unspecified atom stereocenters. The molecule has 0 saturated heterocycles. The Hall–Kier alpha value is -1.23. The van der Waals surface area contributed by atoms with E-state index in [2.05, 4.69) is 41.1 Å². The highest BCUT2D eigenvalue weighted by Gasteiger charge is 2.20. The molecule has 2 aliphatic rings. The largest absolute Gasteiger partial charge is 0.301 e. The molecule has 4 rings (SSSR count). The Kier molecular flexibility index (Phi) is 3.53. The van der Waals surface area contributed by atoms with Crippen molar-refractivity contribution in [3.63, 3.8) is 0 Å². The molecule has 0 N–H and O–H groups in total. The van der Waals surface area contributed by atoms with Crippen molar-refractivity contribution in [2.45, 2.75) is 32.5 Å². The molecule has 2 aliphatic heterocycles. The first-order chi connectivity index (χ1) is 10.3. The summed E-state index contributed by atoms with van der Waals surface area (Å²) >= 11 is 1.93. The molecular formula is C17H21N3S. The van der Waals surface area contributed by atoms with Gasteiger partial charge in [0, 0.05) is 50.4 Å². The molecule has 2 aromatic rings. The minimum atomic E-state index is 1.09. The van der Waals surface area contributed by atoms with Crippen LogP contribution in [-0.4, -0.2) is 34.9 Å². The normalized spacial score (nSPS) is 18.7. The zero-order chi connectivity index (χ0) is 14.2. The summed E-state index contributed by atoms with van der Waals surface area (Å²) in [6.45, 7) is 5.56. The van der Waals surface area contributed by atoms with Crippen molar-refractivity contribution in [2.24, 2.45) is 0 Å². The molecule has 0 aliphatic carbocycles.